The maximum atomic E-state index is 5.68. The fourth-order valence-corrected chi connectivity index (χ4v) is 1.93. The SMILES string of the molecule is CCCCCCC(C)Nc1ncc(N)cc1C. The Hall–Kier alpha value is -1.25. The fraction of sp³-hybridized carbons (Fsp3) is 0.643. The molecule has 1 unspecified atom stereocenters. The van der Waals surface area contributed by atoms with Gasteiger partial charge in [0, 0.05) is 6.04 Å². The van der Waals surface area contributed by atoms with Gasteiger partial charge in [0.15, 0.2) is 0 Å². The highest BCUT2D eigenvalue weighted by molar-refractivity contribution is 5.51. The highest BCUT2D eigenvalue weighted by atomic mass is 15.0. The molecule has 0 fully saturated rings. The van der Waals surface area contributed by atoms with Gasteiger partial charge in [-0.2, -0.15) is 0 Å². The smallest absolute Gasteiger partial charge is 0.129 e. The van der Waals surface area contributed by atoms with Crippen LogP contribution < -0.4 is 11.1 Å². The summed E-state index contributed by atoms with van der Waals surface area (Å²) in [5.74, 6) is 0.960. The molecule has 1 atom stereocenters. The Morgan fingerprint density at radius 1 is 1.35 bits per heavy atom. The molecule has 1 aromatic heterocycles. The molecule has 1 heterocycles. The highest BCUT2D eigenvalue weighted by Gasteiger charge is 2.05. The van der Waals surface area contributed by atoms with Gasteiger partial charge in [-0.05, 0) is 31.9 Å². The highest BCUT2D eigenvalue weighted by Crippen LogP contribution is 2.16. The molecular weight excluding hydrogens is 210 g/mol. The second-order valence-electron chi connectivity index (χ2n) is 4.83. The third-order valence-corrected chi connectivity index (χ3v) is 2.97. The molecule has 0 aromatic carbocycles. The van der Waals surface area contributed by atoms with Crippen molar-refractivity contribution >= 4 is 11.5 Å². The molecule has 3 N–H and O–H groups in total. The van der Waals surface area contributed by atoms with Crippen molar-refractivity contribution in [3.8, 4) is 0 Å². The van der Waals surface area contributed by atoms with Crippen LogP contribution >= 0.6 is 0 Å². The van der Waals surface area contributed by atoms with E-state index in [1.165, 1.54) is 32.1 Å². The fourth-order valence-electron chi connectivity index (χ4n) is 1.93. The first-order valence-electron chi connectivity index (χ1n) is 6.62. The molecule has 17 heavy (non-hydrogen) atoms. The molecule has 0 saturated carbocycles. The van der Waals surface area contributed by atoms with Crippen molar-refractivity contribution in [2.24, 2.45) is 0 Å². The van der Waals surface area contributed by atoms with E-state index in [-0.39, 0.29) is 0 Å². The minimum absolute atomic E-state index is 0.474. The van der Waals surface area contributed by atoms with Gasteiger partial charge in [-0.3, -0.25) is 0 Å². The second-order valence-corrected chi connectivity index (χ2v) is 4.83. The monoisotopic (exact) mass is 235 g/mol. The topological polar surface area (TPSA) is 50.9 Å². The zero-order chi connectivity index (χ0) is 12.7. The van der Waals surface area contributed by atoms with E-state index in [4.69, 9.17) is 5.73 Å². The number of nitrogen functional groups attached to an aromatic ring is 1. The van der Waals surface area contributed by atoms with E-state index < -0.39 is 0 Å². The lowest BCUT2D eigenvalue weighted by Crippen LogP contribution is -2.16. The Labute approximate surface area is 105 Å². The molecule has 1 aromatic rings. The van der Waals surface area contributed by atoms with E-state index in [2.05, 4.69) is 24.1 Å². The first-order valence-corrected chi connectivity index (χ1v) is 6.62. The number of pyridine rings is 1. The van der Waals surface area contributed by atoms with Gasteiger partial charge in [0.25, 0.3) is 0 Å². The van der Waals surface area contributed by atoms with Gasteiger partial charge in [-0.15, -0.1) is 0 Å². The molecule has 1 rings (SSSR count). The summed E-state index contributed by atoms with van der Waals surface area (Å²) in [6.45, 7) is 6.49. The standard InChI is InChI=1S/C14H25N3/c1-4-5-6-7-8-12(3)17-14-11(2)9-13(15)10-16-14/h9-10,12H,4-8,15H2,1-3H3,(H,16,17). The summed E-state index contributed by atoms with van der Waals surface area (Å²) in [6, 6.07) is 2.43. The van der Waals surface area contributed by atoms with Crippen molar-refractivity contribution in [3.63, 3.8) is 0 Å². The minimum Gasteiger partial charge on any atom is -0.397 e. The van der Waals surface area contributed by atoms with E-state index in [1.54, 1.807) is 6.20 Å². The molecule has 3 nitrogen and oxygen atoms in total. The summed E-state index contributed by atoms with van der Waals surface area (Å²) >= 11 is 0. The molecule has 96 valence electrons. The van der Waals surface area contributed by atoms with Crippen LogP contribution in [0.2, 0.25) is 0 Å². The summed E-state index contributed by atoms with van der Waals surface area (Å²) in [7, 11) is 0. The van der Waals surface area contributed by atoms with Crippen LogP contribution in [0.3, 0.4) is 0 Å². The number of nitrogens with one attached hydrogen (secondary N) is 1. The average molecular weight is 235 g/mol. The van der Waals surface area contributed by atoms with Gasteiger partial charge in [0.05, 0.1) is 11.9 Å². The van der Waals surface area contributed by atoms with Crippen molar-refractivity contribution in [1.29, 1.82) is 0 Å². The number of anilines is 2. The maximum absolute atomic E-state index is 5.68. The van der Waals surface area contributed by atoms with Gasteiger partial charge < -0.3 is 11.1 Å². The summed E-state index contributed by atoms with van der Waals surface area (Å²) in [5, 5.41) is 3.45. The van der Waals surface area contributed by atoms with Crippen molar-refractivity contribution in [2.75, 3.05) is 11.1 Å². The number of aromatic nitrogens is 1. The van der Waals surface area contributed by atoms with Gasteiger partial charge >= 0.3 is 0 Å². The van der Waals surface area contributed by atoms with Gasteiger partial charge in [0.2, 0.25) is 0 Å². The predicted octanol–water partition coefficient (Wildman–Crippen LogP) is 3.74. The molecule has 0 amide bonds. The lowest BCUT2D eigenvalue weighted by Gasteiger charge is -2.16. The van der Waals surface area contributed by atoms with Crippen LogP contribution in [0.15, 0.2) is 12.3 Å². The minimum atomic E-state index is 0.474. The lowest BCUT2D eigenvalue weighted by molar-refractivity contribution is 0.593. The van der Waals surface area contributed by atoms with E-state index in [0.29, 0.717) is 6.04 Å². The van der Waals surface area contributed by atoms with Crippen LogP contribution in [-0.4, -0.2) is 11.0 Å². The average Bonchev–Trinajstić information content (AvgIpc) is 2.28. The lowest BCUT2D eigenvalue weighted by atomic mass is 10.1. The molecule has 0 aliphatic carbocycles. The van der Waals surface area contributed by atoms with Gasteiger partial charge in [0.1, 0.15) is 5.82 Å². The summed E-state index contributed by atoms with van der Waals surface area (Å²) in [6.07, 6.45) is 8.16. The Morgan fingerprint density at radius 3 is 2.76 bits per heavy atom. The zero-order valence-electron chi connectivity index (χ0n) is 11.3. The largest absolute Gasteiger partial charge is 0.397 e. The summed E-state index contributed by atoms with van der Waals surface area (Å²) in [5.41, 5.74) is 7.52. The van der Waals surface area contributed by atoms with Crippen molar-refractivity contribution in [2.45, 2.75) is 58.9 Å². The Bertz CT molecular complexity index is 336. The molecule has 0 radical (unpaired) electrons. The number of hydrogen-bond donors (Lipinski definition) is 2. The quantitative estimate of drug-likeness (QED) is 0.708. The molecule has 0 spiro atoms. The van der Waals surface area contributed by atoms with Crippen molar-refractivity contribution < 1.29 is 0 Å². The van der Waals surface area contributed by atoms with Crippen LogP contribution in [-0.2, 0) is 0 Å². The van der Waals surface area contributed by atoms with Crippen LogP contribution in [0, 0.1) is 6.92 Å². The molecular formula is C14H25N3. The Balaban J connectivity index is 2.37. The number of rotatable bonds is 7. The van der Waals surface area contributed by atoms with E-state index in [1.807, 2.05) is 13.0 Å². The predicted molar refractivity (Wildman–Crippen MR) is 75.2 cm³/mol. The Kier molecular flexibility index (Phi) is 5.81. The summed E-state index contributed by atoms with van der Waals surface area (Å²) < 4.78 is 0. The Morgan fingerprint density at radius 2 is 2.12 bits per heavy atom. The maximum Gasteiger partial charge on any atom is 0.129 e. The zero-order valence-corrected chi connectivity index (χ0v) is 11.3. The first kappa shape index (κ1) is 13.8. The van der Waals surface area contributed by atoms with Crippen molar-refractivity contribution in [1.82, 2.24) is 4.98 Å². The van der Waals surface area contributed by atoms with Gasteiger partial charge in [-0.25, -0.2) is 4.98 Å². The third-order valence-electron chi connectivity index (χ3n) is 2.97. The number of unbranched alkanes of at least 4 members (excludes halogenated alkanes) is 3. The molecule has 0 aliphatic heterocycles. The molecule has 0 aliphatic rings. The summed E-state index contributed by atoms with van der Waals surface area (Å²) in [4.78, 5) is 4.33. The van der Waals surface area contributed by atoms with Crippen LogP contribution in [0.5, 0.6) is 0 Å². The molecule has 0 bridgehead atoms. The van der Waals surface area contributed by atoms with Gasteiger partial charge in [-0.1, -0.05) is 32.6 Å². The van der Waals surface area contributed by atoms with Crippen LogP contribution in [0.1, 0.15) is 51.5 Å². The molecule has 0 saturated heterocycles. The van der Waals surface area contributed by atoms with E-state index in [0.717, 1.165) is 17.1 Å². The van der Waals surface area contributed by atoms with E-state index in [9.17, 15) is 0 Å². The van der Waals surface area contributed by atoms with Crippen LogP contribution in [0.4, 0.5) is 11.5 Å². The number of aryl methyl sites for hydroxylation is 1. The van der Waals surface area contributed by atoms with Crippen molar-refractivity contribution in [3.05, 3.63) is 17.8 Å². The van der Waals surface area contributed by atoms with E-state index >= 15 is 0 Å². The normalized spacial score (nSPS) is 12.4. The van der Waals surface area contributed by atoms with Crippen LogP contribution in [0.25, 0.3) is 0 Å². The third kappa shape index (κ3) is 5.07. The first-order chi connectivity index (χ1) is 8.13. The number of nitrogens with zero attached hydrogens (tertiary/aromatic N) is 1. The second kappa shape index (κ2) is 7.15. The number of nitrogens with two attached hydrogens (primary N) is 1. The molecule has 3 heteroatoms. The number of hydrogen-bond acceptors (Lipinski definition) is 3.